The first-order chi connectivity index (χ1) is 23.2. The molecule has 0 saturated carbocycles. The number of pyridine rings is 1. The molecule has 2 aliphatic rings. The number of hydrogen-bond acceptors (Lipinski definition) is 7. The van der Waals surface area contributed by atoms with Gasteiger partial charge in [0.05, 0.1) is 43.2 Å². The molecule has 0 aliphatic carbocycles. The van der Waals surface area contributed by atoms with Crippen LogP contribution in [-0.4, -0.2) is 66.3 Å². The smallest absolute Gasteiger partial charge is 0.307 e. The quantitative estimate of drug-likeness (QED) is 0.200. The molecule has 0 spiro atoms. The summed E-state index contributed by atoms with van der Waals surface area (Å²) in [6.07, 6.45) is 4.62. The summed E-state index contributed by atoms with van der Waals surface area (Å²) < 4.78 is 31.1. The molecule has 0 bridgehead atoms. The minimum absolute atomic E-state index is 0.0884. The van der Waals surface area contributed by atoms with Crippen molar-refractivity contribution in [1.82, 2.24) is 4.98 Å². The first-order valence-electron chi connectivity index (χ1n) is 17.5. The van der Waals surface area contributed by atoms with Crippen molar-refractivity contribution >= 4 is 11.7 Å². The fourth-order valence-electron chi connectivity index (χ4n) is 6.13. The van der Waals surface area contributed by atoms with Crippen LogP contribution in [0.1, 0.15) is 82.8 Å². The van der Waals surface area contributed by atoms with Crippen molar-refractivity contribution < 1.29 is 33.6 Å². The summed E-state index contributed by atoms with van der Waals surface area (Å²) in [5.41, 5.74) is 5.95. The summed E-state index contributed by atoms with van der Waals surface area (Å²) in [4.78, 5) is 19.4. The molecule has 2 fully saturated rings. The summed E-state index contributed by atoms with van der Waals surface area (Å²) >= 11 is 0. The lowest BCUT2D eigenvalue weighted by atomic mass is 9.82. The second-order valence-corrected chi connectivity index (χ2v) is 15.1. The monoisotopic (exact) mass is 678 g/mol. The predicted octanol–water partition coefficient (Wildman–Crippen LogP) is 7.79. The average molecular weight is 679 g/mol. The summed E-state index contributed by atoms with van der Waals surface area (Å²) in [7, 11) is 0. The normalized spacial score (nSPS) is 16.5. The number of rotatable bonds is 12. The molecule has 2 aromatic carbocycles. The Labute approximate surface area is 291 Å². The van der Waals surface area contributed by atoms with Crippen LogP contribution in [0.2, 0.25) is 0 Å². The van der Waals surface area contributed by atoms with Crippen molar-refractivity contribution in [3.8, 4) is 16.9 Å². The van der Waals surface area contributed by atoms with E-state index in [1.165, 1.54) is 12.1 Å². The maximum absolute atomic E-state index is 13.2. The number of hydrogen-bond donors (Lipinski definition) is 2. The highest BCUT2D eigenvalue weighted by Gasteiger charge is 2.31. The molecule has 5 rings (SSSR count). The van der Waals surface area contributed by atoms with Crippen LogP contribution in [0, 0.1) is 24.1 Å². The van der Waals surface area contributed by atoms with Crippen LogP contribution in [0.25, 0.3) is 11.1 Å². The highest BCUT2D eigenvalue weighted by molar-refractivity contribution is 5.86. The van der Waals surface area contributed by atoms with E-state index < -0.39 is 11.6 Å². The summed E-state index contributed by atoms with van der Waals surface area (Å²) in [6, 6.07) is 14.4. The number of benzene rings is 2. The molecule has 2 saturated heterocycles. The molecule has 2 aliphatic heterocycles. The van der Waals surface area contributed by atoms with E-state index in [1.807, 2.05) is 31.2 Å². The summed E-state index contributed by atoms with van der Waals surface area (Å²) in [6.45, 7) is 16.5. The Kier molecular flexibility index (Phi) is 13.6. The molecule has 3 heterocycles. The third-order valence-corrected chi connectivity index (χ3v) is 8.96. The molecule has 3 aromatic rings. The van der Waals surface area contributed by atoms with Crippen molar-refractivity contribution in [2.45, 2.75) is 92.3 Å². The Hall–Kier alpha value is -3.53. The Morgan fingerprint density at radius 2 is 1.65 bits per heavy atom. The van der Waals surface area contributed by atoms with E-state index in [1.54, 1.807) is 32.9 Å². The van der Waals surface area contributed by atoms with Crippen LogP contribution < -0.4 is 9.64 Å². The molecule has 268 valence electrons. The summed E-state index contributed by atoms with van der Waals surface area (Å²) in [5.74, 6) is 0.0891. The van der Waals surface area contributed by atoms with E-state index in [0.29, 0.717) is 32.2 Å². The van der Waals surface area contributed by atoms with Gasteiger partial charge >= 0.3 is 5.97 Å². The number of aromatic nitrogens is 1. The minimum atomic E-state index is -0.868. The topological polar surface area (TPSA) is 101 Å². The van der Waals surface area contributed by atoms with E-state index in [9.17, 15) is 14.3 Å². The predicted molar refractivity (Wildman–Crippen MR) is 192 cm³/mol. The minimum Gasteiger partial charge on any atom is -0.493 e. The van der Waals surface area contributed by atoms with Crippen LogP contribution in [0.4, 0.5) is 10.1 Å². The lowest BCUT2D eigenvalue weighted by Gasteiger charge is -2.40. The molecule has 0 radical (unpaired) electrons. The number of aliphatic hydroxyl groups is 1. The number of carboxylic acids is 1. The molecule has 0 unspecified atom stereocenters. The maximum Gasteiger partial charge on any atom is 0.307 e. The fraction of sp³-hybridized carbons (Fsp3) is 0.550. The Bertz CT molecular complexity index is 1480. The second kappa shape index (κ2) is 17.4. The highest BCUT2D eigenvalue weighted by atomic mass is 19.1. The van der Waals surface area contributed by atoms with Crippen molar-refractivity contribution in [3.05, 3.63) is 76.9 Å². The van der Waals surface area contributed by atoms with Gasteiger partial charge in [-0.3, -0.25) is 9.78 Å². The lowest BCUT2D eigenvalue weighted by Crippen LogP contribution is -2.38. The van der Waals surface area contributed by atoms with Gasteiger partial charge in [-0.2, -0.15) is 0 Å². The van der Waals surface area contributed by atoms with Crippen molar-refractivity contribution in [2.75, 3.05) is 44.4 Å². The zero-order valence-electron chi connectivity index (χ0n) is 30.2. The molecule has 0 amide bonds. The number of aryl methyl sites for hydroxylation is 1. The van der Waals surface area contributed by atoms with E-state index in [2.05, 4.69) is 18.7 Å². The average Bonchev–Trinajstić information content (AvgIpc) is 3.03. The largest absolute Gasteiger partial charge is 0.493 e. The molecule has 1 aromatic heterocycles. The molecular weight excluding hydrogens is 623 g/mol. The van der Waals surface area contributed by atoms with Gasteiger partial charge in [-0.05, 0) is 100 Å². The first kappa shape index (κ1) is 38.3. The van der Waals surface area contributed by atoms with Crippen molar-refractivity contribution in [2.24, 2.45) is 11.3 Å². The Balaban J connectivity index is 0.00000101. The third-order valence-electron chi connectivity index (χ3n) is 8.96. The zero-order valence-corrected chi connectivity index (χ0v) is 30.2. The number of piperidine rings is 1. The number of aliphatic carboxylic acids is 1. The van der Waals surface area contributed by atoms with Crippen molar-refractivity contribution in [3.63, 3.8) is 0 Å². The zero-order chi connectivity index (χ0) is 35.6. The third kappa shape index (κ3) is 12.4. The highest BCUT2D eigenvalue weighted by Crippen LogP contribution is 2.42. The van der Waals surface area contributed by atoms with Gasteiger partial charge in [0.15, 0.2) is 0 Å². The lowest BCUT2D eigenvalue weighted by molar-refractivity contribution is -0.136. The number of nitrogens with zero attached hydrogens (tertiary/aromatic N) is 2. The number of anilines is 1. The van der Waals surface area contributed by atoms with Crippen LogP contribution in [0.5, 0.6) is 5.75 Å². The molecule has 49 heavy (non-hydrogen) atoms. The van der Waals surface area contributed by atoms with Gasteiger partial charge in [0.1, 0.15) is 11.6 Å². The Morgan fingerprint density at radius 1 is 1.04 bits per heavy atom. The van der Waals surface area contributed by atoms with Gasteiger partial charge < -0.3 is 29.3 Å². The van der Waals surface area contributed by atoms with Crippen LogP contribution in [-0.2, 0) is 33.7 Å². The fourth-order valence-corrected chi connectivity index (χ4v) is 6.13. The number of halogens is 1. The molecule has 0 atom stereocenters. The van der Waals surface area contributed by atoms with Gasteiger partial charge in [0.2, 0.25) is 0 Å². The van der Waals surface area contributed by atoms with E-state index in [-0.39, 0.29) is 17.7 Å². The Morgan fingerprint density at radius 3 is 2.24 bits per heavy atom. The van der Waals surface area contributed by atoms with Gasteiger partial charge in [-0.1, -0.05) is 38.1 Å². The van der Waals surface area contributed by atoms with Crippen molar-refractivity contribution in [1.29, 1.82) is 0 Å². The number of carbonyl (C=O) groups is 1. The SMILES string of the molecule is CC(C)(C)O.Cc1nc(COCC2CCOCC2)c(-c2ccc(OCCc3ccc(F)cc3)cc2)c(N2CCC(C)(C)CC2)c1CC(=O)O. The van der Waals surface area contributed by atoms with Crippen LogP contribution in [0.3, 0.4) is 0 Å². The standard InChI is InChI=1S/C36H45FN2O5.C4H10O/c1-25-31(22-33(40)41)35(39-17-15-36(2,3)16-18-39)34(32(38-25)24-43-23-27-12-19-42-20-13-27)28-6-10-30(11-7-28)44-21-14-26-4-8-29(37)9-5-26;1-4(2,3)5/h4-11,27H,12-24H2,1-3H3,(H,40,41);5H,1-3H3. The maximum atomic E-state index is 13.2. The van der Waals surface area contributed by atoms with Crippen LogP contribution in [0.15, 0.2) is 48.5 Å². The van der Waals surface area contributed by atoms with E-state index >= 15 is 0 Å². The molecule has 2 N–H and O–H groups in total. The number of carboxylic acid groups (broad SMARTS) is 1. The van der Waals surface area contributed by atoms with Gasteiger partial charge in [0, 0.05) is 49.5 Å². The first-order valence-corrected chi connectivity index (χ1v) is 17.5. The van der Waals surface area contributed by atoms with Gasteiger partial charge in [0.25, 0.3) is 0 Å². The second-order valence-electron chi connectivity index (χ2n) is 15.1. The molecule has 8 nitrogen and oxygen atoms in total. The van der Waals surface area contributed by atoms with Gasteiger partial charge in [-0.15, -0.1) is 0 Å². The van der Waals surface area contributed by atoms with E-state index in [4.69, 9.17) is 24.3 Å². The molecule has 9 heteroatoms. The number of ether oxygens (including phenoxy) is 3. The van der Waals surface area contributed by atoms with Crippen LogP contribution >= 0.6 is 0 Å². The van der Waals surface area contributed by atoms with Gasteiger partial charge in [-0.25, -0.2) is 4.39 Å². The van der Waals surface area contributed by atoms with E-state index in [0.717, 1.165) is 97.1 Å². The summed E-state index contributed by atoms with van der Waals surface area (Å²) in [5, 5.41) is 18.4. The molecular formula is C40H55FN2O6.